The maximum atomic E-state index is 13.4. The Labute approximate surface area is 284 Å². The molecule has 6 heterocycles. The largest absolute Gasteiger partial charge is 0.478 e. The number of thioether (sulfide) groups is 1. The van der Waals surface area contributed by atoms with Crippen molar-refractivity contribution in [3.05, 3.63) is 70.9 Å². The van der Waals surface area contributed by atoms with Gasteiger partial charge in [-0.1, -0.05) is 5.16 Å². The number of aliphatic carboxylic acids is 2. The number of carboxylic acid groups (broad SMARTS) is 2. The normalized spacial score (nSPS) is 17.9. The van der Waals surface area contributed by atoms with Gasteiger partial charge in [0.15, 0.2) is 29.8 Å². The number of β-lactam (4-membered cyclic amide) rings is 1. The lowest BCUT2D eigenvalue weighted by atomic mass is 10.0. The predicted molar refractivity (Wildman–Crippen MR) is 174 cm³/mol. The summed E-state index contributed by atoms with van der Waals surface area (Å²) >= 11 is 2.31. The van der Waals surface area contributed by atoms with Gasteiger partial charge in [0.2, 0.25) is 11.5 Å². The van der Waals surface area contributed by atoms with Crippen molar-refractivity contribution in [2.24, 2.45) is 10.9 Å². The molecule has 2 aliphatic heterocycles. The number of oxime groups is 1. The Morgan fingerprint density at radius 1 is 1.27 bits per heavy atom. The summed E-state index contributed by atoms with van der Waals surface area (Å²) in [5, 5.41) is 35.1. The first kappa shape index (κ1) is 33.2. The Hall–Kier alpha value is -5.76. The molecule has 0 radical (unpaired) electrons. The highest BCUT2D eigenvalue weighted by atomic mass is 32.2. The summed E-state index contributed by atoms with van der Waals surface area (Å²) in [6, 6.07) is 2.65. The average molecular weight is 710 g/mol. The molecule has 2 amide bonds. The lowest BCUT2D eigenvalue weighted by Crippen LogP contribution is -2.71. The highest BCUT2D eigenvalue weighted by Crippen LogP contribution is 2.40. The molecule has 20 heteroatoms. The molecule has 2 aliphatic rings. The molecule has 0 aliphatic carbocycles. The van der Waals surface area contributed by atoms with Crippen molar-refractivity contribution in [1.29, 1.82) is 5.41 Å². The fourth-order valence-corrected chi connectivity index (χ4v) is 7.00. The number of nitrogens with two attached hydrogens (primary N) is 2. The molecular weight excluding hydrogens is 681 g/mol. The molecule has 8 N–H and O–H groups in total. The van der Waals surface area contributed by atoms with Crippen molar-refractivity contribution in [2.75, 3.05) is 11.5 Å². The van der Waals surface area contributed by atoms with E-state index < -0.39 is 46.5 Å². The number of amidine groups is 1. The highest BCUT2D eigenvalue weighted by Gasteiger charge is 2.55. The Kier molecular flexibility index (Phi) is 8.59. The van der Waals surface area contributed by atoms with Crippen LogP contribution < -0.4 is 21.4 Å². The summed E-state index contributed by atoms with van der Waals surface area (Å²) in [5.74, 6) is -3.68. The number of aromatic nitrogens is 4. The van der Waals surface area contributed by atoms with Crippen LogP contribution in [0.4, 0.5) is 5.13 Å². The summed E-state index contributed by atoms with van der Waals surface area (Å²) in [4.78, 5) is 65.2. The average Bonchev–Trinajstić information content (AvgIpc) is 3.80. The van der Waals surface area contributed by atoms with Gasteiger partial charge in [-0.2, -0.15) is 0 Å². The number of hydrogen-bond donors (Lipinski definition) is 6. The van der Waals surface area contributed by atoms with Gasteiger partial charge in [-0.15, -0.1) is 23.1 Å². The van der Waals surface area contributed by atoms with Crippen LogP contribution in [0.25, 0.3) is 10.9 Å². The molecule has 0 aromatic carbocycles. The molecule has 1 saturated heterocycles. The molecule has 6 rings (SSSR count). The van der Waals surface area contributed by atoms with E-state index in [1.807, 2.05) is 33.7 Å². The smallest absolute Gasteiger partial charge is 0.352 e. The molecule has 0 saturated carbocycles. The van der Waals surface area contributed by atoms with Crippen molar-refractivity contribution in [2.45, 2.75) is 44.0 Å². The number of hydrogen-bond acceptors (Lipinski definition) is 13. The van der Waals surface area contributed by atoms with Gasteiger partial charge in [0.25, 0.3) is 11.8 Å². The van der Waals surface area contributed by atoms with Crippen LogP contribution in [0.2, 0.25) is 0 Å². The SMILES string of the molecule is CC(C)(O/N=C(\C(=O)N[C@@H]1C(=O)N2C(C(=O)O)=C(C[n+]3ccc4c(ccn4Cc4nc(C(=N)N)co4)c3)CS[C@H]12)c1csc(N)n1)C(=O)O. The zero-order chi connectivity index (χ0) is 35.2. The van der Waals surface area contributed by atoms with Crippen LogP contribution in [0.15, 0.2) is 63.2 Å². The molecule has 0 bridgehead atoms. The number of anilines is 1. The van der Waals surface area contributed by atoms with Crippen LogP contribution in [0, 0.1) is 5.41 Å². The second kappa shape index (κ2) is 12.7. The molecule has 254 valence electrons. The lowest BCUT2D eigenvalue weighted by Gasteiger charge is -2.49. The number of nitrogen functional groups attached to an aromatic ring is 2. The summed E-state index contributed by atoms with van der Waals surface area (Å²) in [6.07, 6.45) is 6.81. The lowest BCUT2D eigenvalue weighted by molar-refractivity contribution is -0.687. The molecule has 18 nitrogen and oxygen atoms in total. The first-order valence-electron chi connectivity index (χ1n) is 14.4. The number of carbonyl (C=O) groups is 4. The second-order valence-electron chi connectivity index (χ2n) is 11.5. The van der Waals surface area contributed by atoms with Crippen LogP contribution in [-0.4, -0.2) is 87.7 Å². The fourth-order valence-electron chi connectivity index (χ4n) is 5.11. The first-order valence-corrected chi connectivity index (χ1v) is 16.3. The van der Waals surface area contributed by atoms with Gasteiger partial charge >= 0.3 is 11.9 Å². The molecule has 1 fully saturated rings. The van der Waals surface area contributed by atoms with E-state index in [2.05, 4.69) is 20.4 Å². The third-order valence-electron chi connectivity index (χ3n) is 7.67. The number of nitrogens with one attached hydrogen (secondary N) is 2. The molecule has 0 spiro atoms. The van der Waals surface area contributed by atoms with Gasteiger partial charge in [0.05, 0.1) is 17.4 Å². The number of nitrogens with zero attached hydrogens (tertiary/aromatic N) is 6. The van der Waals surface area contributed by atoms with E-state index in [0.29, 0.717) is 18.0 Å². The second-order valence-corrected chi connectivity index (χ2v) is 13.5. The van der Waals surface area contributed by atoms with E-state index in [0.717, 1.165) is 27.1 Å². The predicted octanol–water partition coefficient (Wildman–Crippen LogP) is 0.311. The number of thiazole rings is 1. The number of carbonyl (C=O) groups excluding carboxylic acids is 2. The number of amides is 2. The van der Waals surface area contributed by atoms with E-state index in [-0.39, 0.29) is 40.3 Å². The highest BCUT2D eigenvalue weighted by molar-refractivity contribution is 8.00. The van der Waals surface area contributed by atoms with E-state index in [1.54, 1.807) is 6.20 Å². The first-order chi connectivity index (χ1) is 23.2. The van der Waals surface area contributed by atoms with Crippen molar-refractivity contribution in [1.82, 2.24) is 24.8 Å². The van der Waals surface area contributed by atoms with E-state index in [4.69, 9.17) is 26.1 Å². The third-order valence-corrected chi connectivity index (χ3v) is 9.68. The minimum absolute atomic E-state index is 0.0126. The summed E-state index contributed by atoms with van der Waals surface area (Å²) in [5.41, 5.74) is 10.5. The van der Waals surface area contributed by atoms with E-state index in [9.17, 15) is 29.4 Å². The topological polar surface area (TPSA) is 269 Å². The van der Waals surface area contributed by atoms with Gasteiger partial charge in [-0.3, -0.25) is 19.9 Å². The van der Waals surface area contributed by atoms with Crippen LogP contribution >= 0.6 is 23.1 Å². The van der Waals surface area contributed by atoms with Crippen LogP contribution in [-0.2, 0) is 37.1 Å². The van der Waals surface area contributed by atoms with E-state index >= 15 is 0 Å². The third kappa shape index (κ3) is 6.42. The van der Waals surface area contributed by atoms with Crippen LogP contribution in [0.1, 0.15) is 31.1 Å². The quantitative estimate of drug-likeness (QED) is 0.0381. The van der Waals surface area contributed by atoms with Crippen molar-refractivity contribution in [3.8, 4) is 0 Å². The Morgan fingerprint density at radius 3 is 2.69 bits per heavy atom. The molecule has 49 heavy (non-hydrogen) atoms. The van der Waals surface area contributed by atoms with Gasteiger partial charge in [0.1, 0.15) is 40.6 Å². The summed E-state index contributed by atoms with van der Waals surface area (Å²) in [6.45, 7) is 2.98. The van der Waals surface area contributed by atoms with Crippen LogP contribution in [0.5, 0.6) is 0 Å². The number of oxazole rings is 1. The molecule has 4 aromatic heterocycles. The fraction of sp³-hybridized carbons (Fsp3) is 0.276. The Bertz CT molecular complexity index is 2100. The minimum atomic E-state index is -1.78. The number of pyridine rings is 1. The summed E-state index contributed by atoms with van der Waals surface area (Å²) in [7, 11) is 0. The van der Waals surface area contributed by atoms with Gasteiger partial charge in [-0.05, 0) is 19.9 Å². The van der Waals surface area contributed by atoms with Crippen molar-refractivity contribution in [3.63, 3.8) is 0 Å². The van der Waals surface area contributed by atoms with Crippen molar-refractivity contribution < 1.29 is 43.2 Å². The maximum absolute atomic E-state index is 13.4. The zero-order valence-corrected chi connectivity index (χ0v) is 27.4. The molecule has 0 unspecified atom stereocenters. The Balaban J connectivity index is 1.18. The standard InChI is InChI=1S/C29H28N10O8S2/c1-29(2,27(44)45)47-36-19(16-12-49-28(32)34-16)23(40)35-20-24(41)39-21(26(42)43)14(11-48-25(20)39)8-37-5-4-17-13(7-37)3-6-38(17)9-18-33-15(10-46-18)22(30)31/h3-7,10,12,20,25H,8-9,11H2,1-2H3,(H7-,30,31,32,34,35,40,42,43,44,45)/p+1/b36-19-/t20-,25-/m1/s1. The zero-order valence-electron chi connectivity index (χ0n) is 25.8. The molecule has 4 aromatic rings. The molecular formula is C29H29N10O8S2+. The van der Waals surface area contributed by atoms with Gasteiger partial charge in [0, 0.05) is 29.0 Å². The van der Waals surface area contributed by atoms with Gasteiger partial charge < -0.3 is 40.8 Å². The van der Waals surface area contributed by atoms with Crippen LogP contribution in [0.3, 0.4) is 0 Å². The van der Waals surface area contributed by atoms with Crippen molar-refractivity contribution >= 4 is 74.4 Å². The number of rotatable bonds is 12. The molecule has 2 atom stereocenters. The van der Waals surface area contributed by atoms with E-state index in [1.165, 1.54) is 37.3 Å². The maximum Gasteiger partial charge on any atom is 0.352 e. The Morgan fingerprint density at radius 2 is 2.04 bits per heavy atom. The van der Waals surface area contributed by atoms with Gasteiger partial charge in [-0.25, -0.2) is 24.1 Å². The summed E-state index contributed by atoms with van der Waals surface area (Å²) < 4.78 is 9.14. The minimum Gasteiger partial charge on any atom is -0.478 e. The number of carboxylic acids is 2. The number of fused-ring (bicyclic) bond motifs is 2. The monoisotopic (exact) mass is 709 g/mol.